The SMILES string of the molecule is Fc1ccc(N2CC3(CC3)C2)c(I)c1. The third kappa shape index (κ3) is 1.33. The first-order chi connectivity index (χ1) is 6.69. The van der Waals surface area contributed by atoms with Gasteiger partial charge in [-0.3, -0.25) is 0 Å². The van der Waals surface area contributed by atoms with Gasteiger partial charge < -0.3 is 4.90 Å². The number of nitrogens with zero attached hydrogens (tertiary/aromatic N) is 1. The molecule has 1 heterocycles. The van der Waals surface area contributed by atoms with E-state index in [0.717, 1.165) is 3.57 Å². The van der Waals surface area contributed by atoms with Crippen LogP contribution >= 0.6 is 22.6 Å². The van der Waals surface area contributed by atoms with E-state index in [2.05, 4.69) is 27.5 Å². The van der Waals surface area contributed by atoms with E-state index in [-0.39, 0.29) is 5.82 Å². The molecule has 2 aliphatic rings. The van der Waals surface area contributed by atoms with E-state index in [0.29, 0.717) is 5.41 Å². The summed E-state index contributed by atoms with van der Waals surface area (Å²) in [4.78, 5) is 2.36. The average molecular weight is 303 g/mol. The topological polar surface area (TPSA) is 3.24 Å². The molecule has 1 saturated heterocycles. The number of hydrogen-bond acceptors (Lipinski definition) is 1. The molecule has 1 aliphatic heterocycles. The van der Waals surface area contributed by atoms with Crippen molar-refractivity contribution in [2.75, 3.05) is 18.0 Å². The Kier molecular flexibility index (Phi) is 1.81. The number of anilines is 1. The second-order valence-corrected chi connectivity index (χ2v) is 5.61. The molecule has 1 aromatic rings. The summed E-state index contributed by atoms with van der Waals surface area (Å²) in [5, 5.41) is 0. The number of rotatable bonds is 1. The fourth-order valence-corrected chi connectivity index (χ4v) is 2.98. The minimum Gasteiger partial charge on any atom is -0.369 e. The van der Waals surface area contributed by atoms with Gasteiger partial charge in [-0.2, -0.15) is 0 Å². The first-order valence-corrected chi connectivity index (χ1v) is 5.97. The quantitative estimate of drug-likeness (QED) is 0.721. The Morgan fingerprint density at radius 1 is 1.29 bits per heavy atom. The lowest BCUT2D eigenvalue weighted by Gasteiger charge is -2.42. The number of halogens is 2. The van der Waals surface area contributed by atoms with Gasteiger partial charge in [0, 0.05) is 22.1 Å². The molecule has 14 heavy (non-hydrogen) atoms. The Labute approximate surface area is 96.4 Å². The Balaban J connectivity index is 1.83. The lowest BCUT2D eigenvalue weighted by molar-refractivity contribution is 0.387. The third-order valence-electron chi connectivity index (χ3n) is 3.26. The van der Waals surface area contributed by atoms with Crippen LogP contribution in [0.1, 0.15) is 12.8 Å². The van der Waals surface area contributed by atoms with Crippen molar-refractivity contribution in [2.24, 2.45) is 5.41 Å². The highest BCUT2D eigenvalue weighted by atomic mass is 127. The molecule has 0 radical (unpaired) electrons. The zero-order valence-electron chi connectivity index (χ0n) is 7.76. The number of hydrogen-bond donors (Lipinski definition) is 0. The van der Waals surface area contributed by atoms with Crippen LogP contribution in [-0.4, -0.2) is 13.1 Å². The van der Waals surface area contributed by atoms with Crippen molar-refractivity contribution in [2.45, 2.75) is 12.8 Å². The summed E-state index contributed by atoms with van der Waals surface area (Å²) in [6.07, 6.45) is 2.78. The highest BCUT2D eigenvalue weighted by molar-refractivity contribution is 14.1. The zero-order valence-corrected chi connectivity index (χ0v) is 9.92. The fraction of sp³-hybridized carbons (Fsp3) is 0.455. The average Bonchev–Trinajstić information content (AvgIpc) is 2.81. The molecule has 1 aromatic carbocycles. The molecular formula is C11H11FIN. The van der Waals surface area contributed by atoms with Crippen LogP contribution in [0.5, 0.6) is 0 Å². The Hall–Kier alpha value is -0.320. The largest absolute Gasteiger partial charge is 0.369 e. The summed E-state index contributed by atoms with van der Waals surface area (Å²) in [6, 6.07) is 5.05. The van der Waals surface area contributed by atoms with Gasteiger partial charge in [-0.1, -0.05) is 0 Å². The monoisotopic (exact) mass is 303 g/mol. The molecule has 3 rings (SSSR count). The van der Waals surface area contributed by atoms with Crippen LogP contribution in [0.4, 0.5) is 10.1 Å². The zero-order chi connectivity index (χ0) is 9.76. The van der Waals surface area contributed by atoms with Crippen LogP contribution in [0.25, 0.3) is 0 Å². The van der Waals surface area contributed by atoms with Crippen LogP contribution in [0.15, 0.2) is 18.2 Å². The summed E-state index contributed by atoms with van der Waals surface area (Å²) in [6.45, 7) is 2.35. The van der Waals surface area contributed by atoms with Crippen LogP contribution in [-0.2, 0) is 0 Å². The Bertz CT molecular complexity index is 379. The van der Waals surface area contributed by atoms with Gasteiger partial charge in [-0.05, 0) is 53.6 Å². The normalized spacial score (nSPS) is 22.3. The van der Waals surface area contributed by atoms with Crippen LogP contribution in [0.3, 0.4) is 0 Å². The van der Waals surface area contributed by atoms with Gasteiger partial charge in [0.1, 0.15) is 5.82 Å². The minimum atomic E-state index is -0.139. The van der Waals surface area contributed by atoms with Crippen molar-refractivity contribution in [3.05, 3.63) is 27.6 Å². The fourth-order valence-electron chi connectivity index (χ4n) is 2.16. The van der Waals surface area contributed by atoms with Gasteiger partial charge in [0.05, 0.1) is 5.69 Å². The molecule has 74 valence electrons. The maximum Gasteiger partial charge on any atom is 0.124 e. The highest BCUT2D eigenvalue weighted by Crippen LogP contribution is 2.54. The lowest BCUT2D eigenvalue weighted by Crippen LogP contribution is -2.48. The molecule has 2 fully saturated rings. The molecule has 1 nitrogen and oxygen atoms in total. The van der Waals surface area contributed by atoms with Crippen molar-refractivity contribution >= 4 is 28.3 Å². The standard InChI is InChI=1S/C11H11FIN/c12-8-1-2-10(9(13)5-8)14-6-11(7-14)3-4-11/h1-2,5H,3-4,6-7H2. The summed E-state index contributed by atoms with van der Waals surface area (Å²) < 4.78 is 13.9. The first-order valence-electron chi connectivity index (χ1n) is 4.89. The van der Waals surface area contributed by atoms with Gasteiger partial charge in [0.2, 0.25) is 0 Å². The van der Waals surface area contributed by atoms with Gasteiger partial charge in [0.15, 0.2) is 0 Å². The molecule has 1 spiro atoms. The van der Waals surface area contributed by atoms with Crippen molar-refractivity contribution in [3.8, 4) is 0 Å². The van der Waals surface area contributed by atoms with E-state index in [1.165, 1.54) is 31.6 Å². The second kappa shape index (κ2) is 2.84. The molecule has 0 atom stereocenters. The molecular weight excluding hydrogens is 292 g/mol. The van der Waals surface area contributed by atoms with Gasteiger partial charge in [-0.25, -0.2) is 4.39 Å². The van der Waals surface area contributed by atoms with Crippen molar-refractivity contribution in [3.63, 3.8) is 0 Å². The van der Waals surface area contributed by atoms with Crippen molar-refractivity contribution in [1.29, 1.82) is 0 Å². The predicted octanol–water partition coefficient (Wildman–Crippen LogP) is 3.03. The van der Waals surface area contributed by atoms with Gasteiger partial charge in [-0.15, -0.1) is 0 Å². The molecule has 3 heteroatoms. The second-order valence-electron chi connectivity index (χ2n) is 4.45. The first kappa shape index (κ1) is 8.95. The van der Waals surface area contributed by atoms with E-state index < -0.39 is 0 Å². The molecule has 0 N–H and O–H groups in total. The summed E-state index contributed by atoms with van der Waals surface area (Å²) in [5.74, 6) is -0.139. The van der Waals surface area contributed by atoms with Crippen LogP contribution in [0, 0.1) is 14.8 Å². The Morgan fingerprint density at radius 3 is 2.57 bits per heavy atom. The summed E-state index contributed by atoms with van der Waals surface area (Å²) >= 11 is 2.21. The van der Waals surface area contributed by atoms with E-state index in [9.17, 15) is 4.39 Å². The third-order valence-corrected chi connectivity index (χ3v) is 4.12. The lowest BCUT2D eigenvalue weighted by atomic mass is 9.96. The predicted molar refractivity (Wildman–Crippen MR) is 63.0 cm³/mol. The van der Waals surface area contributed by atoms with Crippen LogP contribution < -0.4 is 4.90 Å². The van der Waals surface area contributed by atoms with E-state index in [1.54, 1.807) is 12.1 Å². The number of benzene rings is 1. The summed E-state index contributed by atoms with van der Waals surface area (Å²) in [5.41, 5.74) is 1.86. The molecule has 0 aromatic heterocycles. The summed E-state index contributed by atoms with van der Waals surface area (Å²) in [7, 11) is 0. The maximum atomic E-state index is 12.9. The van der Waals surface area contributed by atoms with E-state index in [4.69, 9.17) is 0 Å². The molecule has 1 saturated carbocycles. The van der Waals surface area contributed by atoms with Crippen LogP contribution in [0.2, 0.25) is 0 Å². The highest BCUT2D eigenvalue weighted by Gasteiger charge is 2.52. The molecule has 0 unspecified atom stereocenters. The molecule has 0 bridgehead atoms. The van der Waals surface area contributed by atoms with E-state index in [1.807, 2.05) is 6.07 Å². The smallest absolute Gasteiger partial charge is 0.124 e. The van der Waals surface area contributed by atoms with E-state index >= 15 is 0 Å². The molecule has 1 aliphatic carbocycles. The van der Waals surface area contributed by atoms with Crippen molar-refractivity contribution in [1.82, 2.24) is 0 Å². The Morgan fingerprint density at radius 2 is 2.00 bits per heavy atom. The van der Waals surface area contributed by atoms with Gasteiger partial charge >= 0.3 is 0 Å². The molecule has 0 amide bonds. The van der Waals surface area contributed by atoms with Crippen molar-refractivity contribution < 1.29 is 4.39 Å². The van der Waals surface area contributed by atoms with Gasteiger partial charge in [0.25, 0.3) is 0 Å². The maximum absolute atomic E-state index is 12.9. The minimum absolute atomic E-state index is 0.139.